The van der Waals surface area contributed by atoms with Crippen molar-refractivity contribution in [3.63, 3.8) is 0 Å². The van der Waals surface area contributed by atoms with Crippen LogP contribution in [0.3, 0.4) is 0 Å². The Hall–Kier alpha value is -4.93. The molecule has 0 unspecified atom stereocenters. The van der Waals surface area contributed by atoms with Crippen LogP contribution in [0, 0.1) is 0 Å². The molecule has 2 N–H and O–H groups in total. The van der Waals surface area contributed by atoms with Crippen molar-refractivity contribution in [1.29, 1.82) is 0 Å². The lowest BCUT2D eigenvalue weighted by Crippen LogP contribution is -2.42. The number of nitrogens with one attached hydrogen (secondary N) is 2. The van der Waals surface area contributed by atoms with Crippen molar-refractivity contribution in [2.45, 2.75) is 57.1 Å². The molecule has 44 heavy (non-hydrogen) atoms. The lowest BCUT2D eigenvalue weighted by Gasteiger charge is -2.30. The SMILES string of the molecule is O=C(N[C@H]1CCC[C@@H](Nc2ncc(C(F)(F)F)c(-c3nn(Cc4ccccc4)c4ccccc34)n2)C1)OCc1ccccc1. The van der Waals surface area contributed by atoms with Crippen LogP contribution in [0.15, 0.2) is 91.1 Å². The molecule has 0 bridgehead atoms. The van der Waals surface area contributed by atoms with Gasteiger partial charge in [-0.25, -0.2) is 14.8 Å². The van der Waals surface area contributed by atoms with E-state index in [0.29, 0.717) is 23.9 Å². The lowest BCUT2D eigenvalue weighted by atomic mass is 9.91. The molecule has 0 aliphatic heterocycles. The minimum Gasteiger partial charge on any atom is -0.445 e. The van der Waals surface area contributed by atoms with E-state index in [2.05, 4.69) is 25.7 Å². The van der Waals surface area contributed by atoms with E-state index < -0.39 is 17.8 Å². The van der Waals surface area contributed by atoms with Gasteiger partial charge in [0.2, 0.25) is 5.95 Å². The van der Waals surface area contributed by atoms with Crippen LogP contribution in [0.4, 0.5) is 23.9 Å². The van der Waals surface area contributed by atoms with E-state index in [1.807, 2.05) is 72.8 Å². The van der Waals surface area contributed by atoms with Gasteiger partial charge in [-0.2, -0.15) is 18.3 Å². The Balaban J connectivity index is 1.22. The molecule has 2 aromatic heterocycles. The number of halogens is 3. The summed E-state index contributed by atoms with van der Waals surface area (Å²) < 4.78 is 49.8. The Labute approximate surface area is 252 Å². The lowest BCUT2D eigenvalue weighted by molar-refractivity contribution is -0.137. The Kier molecular flexibility index (Phi) is 8.44. The van der Waals surface area contributed by atoms with Gasteiger partial charge in [0.25, 0.3) is 0 Å². The summed E-state index contributed by atoms with van der Waals surface area (Å²) in [6, 6.07) is 25.9. The summed E-state index contributed by atoms with van der Waals surface area (Å²) in [4.78, 5) is 20.8. The summed E-state index contributed by atoms with van der Waals surface area (Å²) in [6.07, 6.45) is -1.50. The van der Waals surface area contributed by atoms with E-state index >= 15 is 0 Å². The number of rotatable bonds is 8. The molecular weight excluding hydrogens is 569 g/mol. The number of carbonyl (C=O) groups is 1. The molecule has 2 atom stereocenters. The molecule has 1 aliphatic carbocycles. The third-order valence-corrected chi connectivity index (χ3v) is 7.69. The van der Waals surface area contributed by atoms with Crippen molar-refractivity contribution in [1.82, 2.24) is 25.1 Å². The number of hydrogen-bond acceptors (Lipinski definition) is 6. The van der Waals surface area contributed by atoms with E-state index in [1.165, 1.54) is 0 Å². The number of carbonyl (C=O) groups excluding carboxylic acids is 1. The van der Waals surface area contributed by atoms with Gasteiger partial charge < -0.3 is 15.4 Å². The molecule has 11 heteroatoms. The number of amides is 1. The van der Waals surface area contributed by atoms with E-state index in [-0.39, 0.29) is 36.0 Å². The molecule has 5 aromatic rings. The molecular formula is C33H31F3N6O2. The van der Waals surface area contributed by atoms with Crippen LogP contribution in [-0.2, 0) is 24.1 Å². The number of ether oxygens (including phenoxy) is 1. The predicted octanol–water partition coefficient (Wildman–Crippen LogP) is 7.21. The molecule has 1 fully saturated rings. The molecule has 8 nitrogen and oxygen atoms in total. The highest BCUT2D eigenvalue weighted by atomic mass is 19.4. The number of alkyl halides is 3. The van der Waals surface area contributed by atoms with Crippen LogP contribution < -0.4 is 10.6 Å². The largest absolute Gasteiger partial charge is 0.445 e. The standard InChI is InChI=1S/C33H31F3N6O2/c34-33(35,36)27-19-37-31(38-24-14-9-15-25(18-24)39-32(43)44-21-23-12-5-2-6-13-23)40-30(27)29-26-16-7-8-17-28(26)42(41-29)20-22-10-3-1-4-11-22/h1-8,10-13,16-17,19,24-25H,9,14-15,18,20-21H2,(H,39,43)(H,37,38,40)/t24-,25+/m1/s1. The van der Waals surface area contributed by atoms with Crippen molar-refractivity contribution in [3.05, 3.63) is 108 Å². The van der Waals surface area contributed by atoms with Crippen molar-refractivity contribution in [3.8, 4) is 11.4 Å². The number of hydrogen-bond donors (Lipinski definition) is 2. The minimum absolute atomic E-state index is 0.0759. The molecule has 2 heterocycles. The first kappa shape index (κ1) is 29.2. The van der Waals surface area contributed by atoms with Gasteiger partial charge in [0, 0.05) is 23.7 Å². The molecule has 3 aromatic carbocycles. The van der Waals surface area contributed by atoms with Crippen molar-refractivity contribution in [2.24, 2.45) is 0 Å². The second kappa shape index (κ2) is 12.7. The van der Waals surface area contributed by atoms with Crippen LogP contribution in [-0.4, -0.2) is 37.9 Å². The van der Waals surface area contributed by atoms with Crippen molar-refractivity contribution < 1.29 is 22.7 Å². The summed E-state index contributed by atoms with van der Waals surface area (Å²) in [5.74, 6) is 0.0759. The summed E-state index contributed by atoms with van der Waals surface area (Å²) in [6.45, 7) is 0.558. The Morgan fingerprint density at radius 3 is 2.32 bits per heavy atom. The monoisotopic (exact) mass is 600 g/mol. The number of para-hydroxylation sites is 1. The topological polar surface area (TPSA) is 94.0 Å². The minimum atomic E-state index is -4.68. The zero-order valence-corrected chi connectivity index (χ0v) is 23.8. The normalized spacial score (nSPS) is 16.9. The Bertz CT molecular complexity index is 1730. The fourth-order valence-corrected chi connectivity index (χ4v) is 5.58. The maximum Gasteiger partial charge on any atom is 0.420 e. The first-order valence-corrected chi connectivity index (χ1v) is 14.5. The average Bonchev–Trinajstić information content (AvgIpc) is 3.39. The Morgan fingerprint density at radius 2 is 1.57 bits per heavy atom. The van der Waals surface area contributed by atoms with Crippen molar-refractivity contribution in [2.75, 3.05) is 5.32 Å². The summed E-state index contributed by atoms with van der Waals surface area (Å²) >= 11 is 0. The Morgan fingerprint density at radius 1 is 0.886 bits per heavy atom. The van der Waals surface area contributed by atoms with Crippen LogP contribution in [0.25, 0.3) is 22.3 Å². The van der Waals surface area contributed by atoms with Gasteiger partial charge in [-0.05, 0) is 42.9 Å². The predicted molar refractivity (Wildman–Crippen MR) is 161 cm³/mol. The second-order valence-electron chi connectivity index (χ2n) is 10.9. The molecule has 1 aliphatic rings. The highest BCUT2D eigenvalue weighted by molar-refractivity contribution is 5.93. The second-order valence-corrected chi connectivity index (χ2v) is 10.9. The van der Waals surface area contributed by atoms with Gasteiger partial charge in [0.15, 0.2) is 0 Å². The fraction of sp³-hybridized carbons (Fsp3) is 0.273. The first-order valence-electron chi connectivity index (χ1n) is 14.5. The van der Waals surface area contributed by atoms with Crippen LogP contribution >= 0.6 is 0 Å². The summed E-state index contributed by atoms with van der Waals surface area (Å²) in [7, 11) is 0. The highest BCUT2D eigenvalue weighted by Gasteiger charge is 2.37. The molecule has 1 amide bonds. The number of anilines is 1. The van der Waals surface area contributed by atoms with E-state index in [0.717, 1.165) is 36.6 Å². The first-order chi connectivity index (χ1) is 21.3. The van der Waals surface area contributed by atoms with Gasteiger partial charge in [0.05, 0.1) is 12.1 Å². The van der Waals surface area contributed by atoms with Crippen molar-refractivity contribution >= 4 is 22.9 Å². The molecule has 0 saturated heterocycles. The fourth-order valence-electron chi connectivity index (χ4n) is 5.58. The van der Waals surface area contributed by atoms with Gasteiger partial charge in [0.1, 0.15) is 23.6 Å². The number of fused-ring (bicyclic) bond motifs is 1. The number of alkyl carbamates (subject to hydrolysis) is 1. The van der Waals surface area contributed by atoms with E-state index in [4.69, 9.17) is 4.74 Å². The van der Waals surface area contributed by atoms with Crippen LogP contribution in [0.2, 0.25) is 0 Å². The maximum absolute atomic E-state index is 14.2. The number of aromatic nitrogens is 4. The summed E-state index contributed by atoms with van der Waals surface area (Å²) in [5, 5.41) is 11.3. The number of benzene rings is 3. The van der Waals surface area contributed by atoms with Gasteiger partial charge in [-0.3, -0.25) is 4.68 Å². The highest BCUT2D eigenvalue weighted by Crippen LogP contribution is 2.38. The zero-order valence-electron chi connectivity index (χ0n) is 23.8. The smallest absolute Gasteiger partial charge is 0.420 e. The van der Waals surface area contributed by atoms with Crippen LogP contribution in [0.5, 0.6) is 0 Å². The van der Waals surface area contributed by atoms with Gasteiger partial charge in [-0.15, -0.1) is 0 Å². The average molecular weight is 601 g/mol. The van der Waals surface area contributed by atoms with Gasteiger partial charge in [-0.1, -0.05) is 78.9 Å². The third-order valence-electron chi connectivity index (χ3n) is 7.69. The number of nitrogens with zero attached hydrogens (tertiary/aromatic N) is 4. The summed E-state index contributed by atoms with van der Waals surface area (Å²) in [5.41, 5.74) is 1.46. The quantitative estimate of drug-likeness (QED) is 0.196. The molecule has 6 rings (SSSR count). The van der Waals surface area contributed by atoms with Crippen LogP contribution in [0.1, 0.15) is 42.4 Å². The third kappa shape index (κ3) is 6.82. The molecule has 226 valence electrons. The molecule has 0 radical (unpaired) electrons. The molecule has 1 saturated carbocycles. The maximum atomic E-state index is 14.2. The zero-order chi connectivity index (χ0) is 30.5. The van der Waals surface area contributed by atoms with Gasteiger partial charge >= 0.3 is 12.3 Å². The van der Waals surface area contributed by atoms with E-state index in [9.17, 15) is 18.0 Å². The van der Waals surface area contributed by atoms with E-state index in [1.54, 1.807) is 16.8 Å². The molecule has 0 spiro atoms.